The van der Waals surface area contributed by atoms with Crippen molar-refractivity contribution < 1.29 is 13.9 Å². The number of benzene rings is 2. The summed E-state index contributed by atoms with van der Waals surface area (Å²) in [6.07, 6.45) is 1.94. The molecule has 0 bridgehead atoms. The van der Waals surface area contributed by atoms with Crippen molar-refractivity contribution in [2.24, 2.45) is 0 Å². The lowest BCUT2D eigenvalue weighted by Crippen LogP contribution is -2.28. The number of H-pyrrole nitrogens is 1. The Balaban J connectivity index is 1.60. The minimum absolute atomic E-state index is 0.171. The van der Waals surface area contributed by atoms with Gasteiger partial charge in [-0.3, -0.25) is 4.79 Å². The number of aldehydes is 1. The average Bonchev–Trinajstić information content (AvgIpc) is 3.03. The van der Waals surface area contributed by atoms with Crippen molar-refractivity contribution in [2.75, 3.05) is 45.2 Å². The monoisotopic (exact) mass is 432 g/mol. The van der Waals surface area contributed by atoms with E-state index in [1.807, 2.05) is 0 Å². The lowest BCUT2D eigenvalue weighted by molar-refractivity contribution is 0.112. The van der Waals surface area contributed by atoms with E-state index in [1.165, 1.54) is 13.2 Å². The van der Waals surface area contributed by atoms with Crippen LogP contribution < -0.4 is 9.64 Å². The maximum absolute atomic E-state index is 14.3. The fourth-order valence-electron chi connectivity index (χ4n) is 4.44. The number of aromatic nitrogens is 2. The quantitative estimate of drug-likeness (QED) is 0.482. The van der Waals surface area contributed by atoms with Crippen molar-refractivity contribution in [1.82, 2.24) is 14.9 Å². The largest absolute Gasteiger partial charge is 0.494 e. The molecule has 4 aromatic rings. The zero-order chi connectivity index (χ0) is 22.2. The Hall–Kier alpha value is -3.45. The molecular weight excluding hydrogens is 407 g/mol. The molecule has 1 aliphatic rings. The van der Waals surface area contributed by atoms with Gasteiger partial charge in [0.1, 0.15) is 0 Å². The Morgan fingerprint density at radius 3 is 2.75 bits per heavy atom. The van der Waals surface area contributed by atoms with Gasteiger partial charge in [-0.1, -0.05) is 0 Å². The molecule has 0 amide bonds. The van der Waals surface area contributed by atoms with Crippen LogP contribution in [0, 0.1) is 5.82 Å². The van der Waals surface area contributed by atoms with Gasteiger partial charge in [0, 0.05) is 41.8 Å². The molecular formula is C25H25FN4O2. The number of anilines is 1. The number of hydrogen-bond donors (Lipinski definition) is 1. The zero-order valence-corrected chi connectivity index (χ0v) is 18.2. The maximum atomic E-state index is 14.3. The molecule has 3 heterocycles. The summed E-state index contributed by atoms with van der Waals surface area (Å²) in [5, 5.41) is 0.939. The SMILES string of the molecule is COc1ccc(-c2cc(C=O)c3[nH]c4cc(N5CCCN(C)CC5)ccc4c3n2)cc1F. The molecule has 0 unspecified atom stereocenters. The van der Waals surface area contributed by atoms with Crippen LogP contribution in [0.1, 0.15) is 16.8 Å². The standard InChI is InChI=1S/C25H25FN4O2/c1-29-8-3-9-30(11-10-29)18-5-6-19-22(14-18)28-24-17(15-31)13-21(27-25(19)24)16-4-7-23(32-2)20(26)12-16/h4-7,12-15,28H,3,8-11H2,1-2H3. The number of carbonyl (C=O) groups excluding carboxylic acids is 1. The van der Waals surface area contributed by atoms with Crippen molar-refractivity contribution in [2.45, 2.75) is 6.42 Å². The highest BCUT2D eigenvalue weighted by Gasteiger charge is 2.17. The Morgan fingerprint density at radius 2 is 1.97 bits per heavy atom. The second-order valence-electron chi connectivity index (χ2n) is 8.29. The summed E-state index contributed by atoms with van der Waals surface area (Å²) >= 11 is 0. The molecule has 1 N–H and O–H groups in total. The van der Waals surface area contributed by atoms with Gasteiger partial charge in [-0.05, 0) is 62.5 Å². The number of aromatic amines is 1. The smallest absolute Gasteiger partial charge is 0.165 e. The Morgan fingerprint density at radius 1 is 1.09 bits per heavy atom. The van der Waals surface area contributed by atoms with Gasteiger partial charge in [0.2, 0.25) is 0 Å². The Bertz CT molecular complexity index is 1320. The van der Waals surface area contributed by atoms with Gasteiger partial charge in [0.25, 0.3) is 0 Å². The van der Waals surface area contributed by atoms with E-state index < -0.39 is 5.82 Å². The molecule has 5 rings (SSSR count). The van der Waals surface area contributed by atoms with E-state index in [-0.39, 0.29) is 5.75 Å². The molecule has 32 heavy (non-hydrogen) atoms. The van der Waals surface area contributed by atoms with Crippen LogP contribution in [-0.2, 0) is 0 Å². The third-order valence-electron chi connectivity index (χ3n) is 6.23. The minimum Gasteiger partial charge on any atom is -0.494 e. The first-order chi connectivity index (χ1) is 15.6. The number of methoxy groups -OCH3 is 1. The van der Waals surface area contributed by atoms with E-state index in [2.05, 4.69) is 40.0 Å². The van der Waals surface area contributed by atoms with Crippen LogP contribution in [-0.4, -0.2) is 61.5 Å². The molecule has 164 valence electrons. The second kappa shape index (κ2) is 8.24. The topological polar surface area (TPSA) is 61.5 Å². The molecule has 1 fully saturated rings. The summed E-state index contributed by atoms with van der Waals surface area (Å²) in [7, 11) is 3.58. The number of hydrogen-bond acceptors (Lipinski definition) is 5. The number of likely N-dealkylation sites (N-methyl/N-ethyl adjacent to an activating group) is 1. The van der Waals surface area contributed by atoms with Gasteiger partial charge >= 0.3 is 0 Å². The first-order valence-electron chi connectivity index (χ1n) is 10.8. The van der Waals surface area contributed by atoms with Crippen LogP contribution in [0.25, 0.3) is 33.2 Å². The van der Waals surface area contributed by atoms with E-state index in [0.717, 1.165) is 55.5 Å². The highest BCUT2D eigenvalue weighted by molar-refractivity contribution is 6.11. The minimum atomic E-state index is -0.466. The van der Waals surface area contributed by atoms with Gasteiger partial charge in [-0.2, -0.15) is 0 Å². The summed E-state index contributed by atoms with van der Waals surface area (Å²) in [6, 6.07) is 12.7. The van der Waals surface area contributed by atoms with Crippen LogP contribution in [0.4, 0.5) is 10.1 Å². The number of fused-ring (bicyclic) bond motifs is 3. The molecule has 1 aliphatic heterocycles. The number of pyridine rings is 1. The van der Waals surface area contributed by atoms with E-state index in [4.69, 9.17) is 9.72 Å². The summed E-state index contributed by atoms with van der Waals surface area (Å²) in [4.78, 5) is 24.8. The highest BCUT2D eigenvalue weighted by Crippen LogP contribution is 2.33. The number of ether oxygens (including phenoxy) is 1. The molecule has 7 heteroatoms. The summed E-state index contributed by atoms with van der Waals surface area (Å²) in [5.41, 5.74) is 5.12. The van der Waals surface area contributed by atoms with Crippen molar-refractivity contribution in [3.05, 3.63) is 53.8 Å². The summed E-state index contributed by atoms with van der Waals surface area (Å²) in [5.74, 6) is -0.295. The van der Waals surface area contributed by atoms with Gasteiger partial charge in [0.15, 0.2) is 17.9 Å². The normalized spacial score (nSPS) is 15.3. The fraction of sp³-hybridized carbons (Fsp3) is 0.280. The number of nitrogens with one attached hydrogen (secondary N) is 1. The van der Waals surface area contributed by atoms with Crippen LogP contribution >= 0.6 is 0 Å². The number of nitrogens with zero attached hydrogens (tertiary/aromatic N) is 3. The molecule has 0 saturated carbocycles. The lowest BCUT2D eigenvalue weighted by Gasteiger charge is -2.22. The third-order valence-corrected chi connectivity index (χ3v) is 6.23. The molecule has 0 atom stereocenters. The van der Waals surface area contributed by atoms with Crippen LogP contribution in [0.15, 0.2) is 42.5 Å². The van der Waals surface area contributed by atoms with Crippen molar-refractivity contribution in [1.29, 1.82) is 0 Å². The summed E-state index contributed by atoms with van der Waals surface area (Å²) < 4.78 is 19.3. The predicted octanol–water partition coefficient (Wildman–Crippen LogP) is 4.49. The van der Waals surface area contributed by atoms with E-state index in [9.17, 15) is 9.18 Å². The van der Waals surface area contributed by atoms with Crippen molar-refractivity contribution in [3.63, 3.8) is 0 Å². The lowest BCUT2D eigenvalue weighted by atomic mass is 10.1. The molecule has 1 saturated heterocycles. The average molecular weight is 432 g/mol. The number of halogens is 1. The molecule has 0 aliphatic carbocycles. The summed E-state index contributed by atoms with van der Waals surface area (Å²) in [6.45, 7) is 4.13. The zero-order valence-electron chi connectivity index (χ0n) is 18.2. The van der Waals surface area contributed by atoms with Gasteiger partial charge in [-0.25, -0.2) is 9.37 Å². The first kappa shape index (κ1) is 20.5. The second-order valence-corrected chi connectivity index (χ2v) is 8.29. The maximum Gasteiger partial charge on any atom is 0.165 e. The Labute approximate surface area is 185 Å². The van der Waals surface area contributed by atoms with E-state index >= 15 is 0 Å². The highest BCUT2D eigenvalue weighted by atomic mass is 19.1. The molecule has 2 aromatic heterocycles. The number of rotatable bonds is 4. The first-order valence-corrected chi connectivity index (χ1v) is 10.8. The predicted molar refractivity (Wildman–Crippen MR) is 125 cm³/mol. The van der Waals surface area contributed by atoms with Gasteiger partial charge in [-0.15, -0.1) is 0 Å². The molecule has 0 radical (unpaired) electrons. The van der Waals surface area contributed by atoms with Crippen LogP contribution in [0.2, 0.25) is 0 Å². The van der Waals surface area contributed by atoms with E-state index in [0.29, 0.717) is 27.9 Å². The van der Waals surface area contributed by atoms with Gasteiger partial charge in [0.05, 0.1) is 29.4 Å². The van der Waals surface area contributed by atoms with Crippen LogP contribution in [0.5, 0.6) is 5.75 Å². The van der Waals surface area contributed by atoms with E-state index in [1.54, 1.807) is 18.2 Å². The van der Waals surface area contributed by atoms with Gasteiger partial charge < -0.3 is 19.5 Å². The molecule has 2 aromatic carbocycles. The Kier molecular flexibility index (Phi) is 5.27. The fourth-order valence-corrected chi connectivity index (χ4v) is 4.44. The third kappa shape index (κ3) is 3.58. The molecule has 0 spiro atoms. The van der Waals surface area contributed by atoms with Crippen LogP contribution in [0.3, 0.4) is 0 Å². The van der Waals surface area contributed by atoms with Crippen molar-refractivity contribution >= 4 is 33.9 Å². The molecule has 6 nitrogen and oxygen atoms in total. The van der Waals surface area contributed by atoms with Crippen molar-refractivity contribution in [3.8, 4) is 17.0 Å². The number of carbonyl (C=O) groups is 1.